The number of anilines is 1. The second kappa shape index (κ2) is 4.58. The van der Waals surface area contributed by atoms with Crippen LogP contribution in [-0.2, 0) is 0 Å². The van der Waals surface area contributed by atoms with E-state index in [1.54, 1.807) is 25.2 Å². The normalized spacial score (nSPS) is 9.71. The summed E-state index contributed by atoms with van der Waals surface area (Å²) in [4.78, 5) is 8.10. The zero-order chi connectivity index (χ0) is 12.3. The lowest BCUT2D eigenvalue weighted by Gasteiger charge is -2.05. The second-order valence-electron chi connectivity index (χ2n) is 3.30. The van der Waals surface area contributed by atoms with Crippen molar-refractivity contribution in [3.8, 4) is 17.5 Å². The Kier molecular flexibility index (Phi) is 2.97. The molecule has 0 aliphatic heterocycles. The van der Waals surface area contributed by atoms with Gasteiger partial charge in [-0.15, -0.1) is 0 Å². The molecule has 1 aromatic heterocycles. The van der Waals surface area contributed by atoms with Crippen LogP contribution in [-0.4, -0.2) is 17.0 Å². The van der Waals surface area contributed by atoms with Crippen molar-refractivity contribution >= 4 is 5.82 Å². The van der Waals surface area contributed by atoms with Crippen molar-refractivity contribution in [1.82, 2.24) is 9.97 Å². The van der Waals surface area contributed by atoms with E-state index >= 15 is 0 Å². The minimum Gasteiger partial charge on any atom is -0.373 e. The lowest BCUT2D eigenvalue weighted by Crippen LogP contribution is -2.00. The van der Waals surface area contributed by atoms with E-state index in [-0.39, 0.29) is 17.1 Å². The van der Waals surface area contributed by atoms with Gasteiger partial charge in [0, 0.05) is 13.1 Å². The molecule has 84 valence electrons. The van der Waals surface area contributed by atoms with Crippen molar-refractivity contribution in [1.29, 1.82) is 5.26 Å². The molecule has 0 radical (unpaired) electrons. The zero-order valence-electron chi connectivity index (χ0n) is 9.11. The number of nitrogens with one attached hydrogen (secondary N) is 1. The molecule has 4 nitrogen and oxygen atoms in total. The van der Waals surface area contributed by atoms with Gasteiger partial charge in [0.15, 0.2) is 5.82 Å². The number of hydrogen-bond acceptors (Lipinski definition) is 4. The fourth-order valence-corrected chi connectivity index (χ4v) is 1.40. The summed E-state index contributed by atoms with van der Waals surface area (Å²) in [6.07, 6.45) is 0. The number of nitriles is 1. The summed E-state index contributed by atoms with van der Waals surface area (Å²) in [6, 6.07) is 9.61. The predicted octanol–water partition coefficient (Wildman–Crippen LogP) is 2.20. The van der Waals surface area contributed by atoms with Crippen molar-refractivity contribution in [3.05, 3.63) is 41.8 Å². The molecule has 0 saturated heterocycles. The monoisotopic (exact) mass is 228 g/mol. The van der Waals surface area contributed by atoms with Gasteiger partial charge in [-0.25, -0.2) is 14.4 Å². The molecule has 0 aliphatic rings. The maximum absolute atomic E-state index is 13.6. The number of nitrogens with zero attached hydrogens (tertiary/aromatic N) is 3. The van der Waals surface area contributed by atoms with Crippen LogP contribution in [0, 0.1) is 17.1 Å². The van der Waals surface area contributed by atoms with Gasteiger partial charge in [0.2, 0.25) is 0 Å². The lowest BCUT2D eigenvalue weighted by atomic mass is 10.2. The molecule has 0 saturated carbocycles. The third-order valence-electron chi connectivity index (χ3n) is 2.21. The molecule has 2 aromatic rings. The van der Waals surface area contributed by atoms with Gasteiger partial charge in [-0.2, -0.15) is 5.26 Å². The van der Waals surface area contributed by atoms with Crippen molar-refractivity contribution in [3.63, 3.8) is 0 Å². The van der Waals surface area contributed by atoms with Crippen LogP contribution >= 0.6 is 0 Å². The Bertz CT molecular complexity index is 589. The predicted molar refractivity (Wildman–Crippen MR) is 61.7 cm³/mol. The molecule has 0 spiro atoms. The molecule has 17 heavy (non-hydrogen) atoms. The molecule has 1 heterocycles. The smallest absolute Gasteiger partial charge is 0.165 e. The van der Waals surface area contributed by atoms with Gasteiger partial charge in [0.05, 0.1) is 5.56 Å². The molecule has 1 N–H and O–H groups in total. The first-order valence-corrected chi connectivity index (χ1v) is 4.96. The summed E-state index contributed by atoms with van der Waals surface area (Å²) >= 11 is 0. The van der Waals surface area contributed by atoms with E-state index in [1.807, 2.05) is 6.07 Å². The van der Waals surface area contributed by atoms with Crippen LogP contribution in [0.2, 0.25) is 0 Å². The van der Waals surface area contributed by atoms with Crippen molar-refractivity contribution in [2.45, 2.75) is 0 Å². The van der Waals surface area contributed by atoms with Crippen LogP contribution in [0.3, 0.4) is 0 Å². The third kappa shape index (κ3) is 2.21. The van der Waals surface area contributed by atoms with Gasteiger partial charge in [-0.05, 0) is 12.1 Å². The minimum atomic E-state index is -0.412. The highest BCUT2D eigenvalue weighted by molar-refractivity contribution is 5.59. The maximum Gasteiger partial charge on any atom is 0.165 e. The molecule has 0 aliphatic carbocycles. The largest absolute Gasteiger partial charge is 0.373 e. The lowest BCUT2D eigenvalue weighted by molar-refractivity contribution is 0.630. The van der Waals surface area contributed by atoms with E-state index in [9.17, 15) is 4.39 Å². The Hall–Kier alpha value is -2.48. The van der Waals surface area contributed by atoms with Gasteiger partial charge in [-0.1, -0.05) is 12.1 Å². The highest BCUT2D eigenvalue weighted by atomic mass is 19.1. The van der Waals surface area contributed by atoms with Crippen LogP contribution in [0.4, 0.5) is 10.2 Å². The fourth-order valence-electron chi connectivity index (χ4n) is 1.40. The van der Waals surface area contributed by atoms with E-state index in [4.69, 9.17) is 5.26 Å². The first kappa shape index (κ1) is 11.0. The van der Waals surface area contributed by atoms with Crippen molar-refractivity contribution in [2.75, 3.05) is 12.4 Å². The molecular formula is C12H9FN4. The first-order chi connectivity index (χ1) is 8.24. The molecule has 0 amide bonds. The average molecular weight is 228 g/mol. The molecular weight excluding hydrogens is 219 g/mol. The number of rotatable bonds is 2. The number of aromatic nitrogens is 2. The van der Waals surface area contributed by atoms with E-state index in [0.29, 0.717) is 5.82 Å². The van der Waals surface area contributed by atoms with Crippen LogP contribution in [0.1, 0.15) is 5.69 Å². The van der Waals surface area contributed by atoms with E-state index in [0.717, 1.165) is 0 Å². The number of halogens is 1. The van der Waals surface area contributed by atoms with E-state index < -0.39 is 5.82 Å². The molecule has 0 unspecified atom stereocenters. The summed E-state index contributed by atoms with van der Waals surface area (Å²) in [7, 11) is 1.68. The summed E-state index contributed by atoms with van der Waals surface area (Å²) < 4.78 is 13.6. The van der Waals surface area contributed by atoms with Crippen LogP contribution in [0.25, 0.3) is 11.4 Å². The van der Waals surface area contributed by atoms with Crippen molar-refractivity contribution < 1.29 is 4.39 Å². The summed E-state index contributed by atoms with van der Waals surface area (Å²) in [5, 5.41) is 11.6. The topological polar surface area (TPSA) is 61.6 Å². The molecule has 5 heteroatoms. The van der Waals surface area contributed by atoms with E-state index in [1.165, 1.54) is 12.1 Å². The number of benzene rings is 1. The maximum atomic E-state index is 13.6. The van der Waals surface area contributed by atoms with Crippen LogP contribution < -0.4 is 5.32 Å². The number of hydrogen-bond donors (Lipinski definition) is 1. The Labute approximate surface area is 97.8 Å². The van der Waals surface area contributed by atoms with Gasteiger partial charge in [-0.3, -0.25) is 0 Å². The highest BCUT2D eigenvalue weighted by Gasteiger charge is 2.09. The molecule has 1 aromatic carbocycles. The highest BCUT2D eigenvalue weighted by Crippen LogP contribution is 2.20. The Balaban J connectivity index is 2.60. The van der Waals surface area contributed by atoms with Gasteiger partial charge < -0.3 is 5.32 Å². The van der Waals surface area contributed by atoms with E-state index in [2.05, 4.69) is 15.3 Å². The summed E-state index contributed by atoms with van der Waals surface area (Å²) in [5.74, 6) is 0.269. The molecule has 0 atom stereocenters. The van der Waals surface area contributed by atoms with Gasteiger partial charge in [0.1, 0.15) is 23.4 Å². The molecule has 0 bridgehead atoms. The minimum absolute atomic E-state index is 0.197. The molecule has 2 rings (SSSR count). The zero-order valence-corrected chi connectivity index (χ0v) is 9.11. The fraction of sp³-hybridized carbons (Fsp3) is 0.0833. The van der Waals surface area contributed by atoms with Gasteiger partial charge in [0.25, 0.3) is 0 Å². The van der Waals surface area contributed by atoms with Crippen LogP contribution in [0.15, 0.2) is 30.3 Å². The summed E-state index contributed by atoms with van der Waals surface area (Å²) in [6.45, 7) is 0. The quantitative estimate of drug-likeness (QED) is 0.855. The van der Waals surface area contributed by atoms with Gasteiger partial charge >= 0.3 is 0 Å². The second-order valence-corrected chi connectivity index (χ2v) is 3.30. The Morgan fingerprint density at radius 3 is 2.71 bits per heavy atom. The Morgan fingerprint density at radius 1 is 1.29 bits per heavy atom. The Morgan fingerprint density at radius 2 is 2.06 bits per heavy atom. The SMILES string of the molecule is CNc1cc(C#N)nc(-c2ccccc2F)n1. The third-order valence-corrected chi connectivity index (χ3v) is 2.21. The molecule has 0 fully saturated rings. The van der Waals surface area contributed by atoms with Crippen molar-refractivity contribution in [2.24, 2.45) is 0 Å². The average Bonchev–Trinajstić information content (AvgIpc) is 2.38. The first-order valence-electron chi connectivity index (χ1n) is 4.96. The standard InChI is InChI=1S/C12H9FN4/c1-15-11-6-8(7-14)16-12(17-11)9-4-2-3-5-10(9)13/h2-6H,1H3,(H,15,16,17). The summed E-state index contributed by atoms with van der Waals surface area (Å²) in [5.41, 5.74) is 0.476. The van der Waals surface area contributed by atoms with Crippen LogP contribution in [0.5, 0.6) is 0 Å².